The zero-order valence-electron chi connectivity index (χ0n) is 13.3. The highest BCUT2D eigenvalue weighted by Gasteiger charge is 2.33. The molecule has 6 nitrogen and oxygen atoms in total. The van der Waals surface area contributed by atoms with E-state index in [1.165, 1.54) is 6.20 Å². The van der Waals surface area contributed by atoms with E-state index in [0.717, 1.165) is 37.9 Å². The smallest absolute Gasteiger partial charge is 0.244 e. The molecule has 1 atom stereocenters. The fourth-order valence-corrected chi connectivity index (χ4v) is 4.84. The molecular formula is C16H22N4O2S. The van der Waals surface area contributed by atoms with Crippen LogP contribution in [-0.2, 0) is 23.5 Å². The maximum atomic E-state index is 12.9. The third-order valence-electron chi connectivity index (χ3n) is 4.44. The molecule has 0 N–H and O–H groups in total. The van der Waals surface area contributed by atoms with Crippen molar-refractivity contribution >= 4 is 10.0 Å². The van der Waals surface area contributed by atoms with Crippen molar-refractivity contribution in [1.29, 1.82) is 0 Å². The Morgan fingerprint density at radius 2 is 2.17 bits per heavy atom. The van der Waals surface area contributed by atoms with Gasteiger partial charge in [-0.1, -0.05) is 6.42 Å². The van der Waals surface area contributed by atoms with Gasteiger partial charge in [0.15, 0.2) is 0 Å². The number of rotatable bonds is 5. The topological polar surface area (TPSA) is 68.1 Å². The molecule has 0 bridgehead atoms. The molecule has 1 fully saturated rings. The van der Waals surface area contributed by atoms with Gasteiger partial charge >= 0.3 is 0 Å². The first-order chi connectivity index (χ1) is 11.1. The quantitative estimate of drug-likeness (QED) is 0.838. The average molecular weight is 334 g/mol. The second-order valence-corrected chi connectivity index (χ2v) is 7.84. The highest BCUT2D eigenvalue weighted by Crippen LogP contribution is 2.27. The van der Waals surface area contributed by atoms with Gasteiger partial charge < -0.3 is 4.57 Å². The standard InChI is InChI=1S/C16H22N4O2S/c1-19-12-10-18-16(19)8-7-14-5-2-3-11-20(14)23(21,22)15-6-4-9-17-13-15/h4,6,9-10,12-14H,2-3,5,7-8,11H2,1H3/t14-/m1/s1. The van der Waals surface area contributed by atoms with Crippen molar-refractivity contribution in [3.05, 3.63) is 42.7 Å². The number of imidazole rings is 1. The maximum absolute atomic E-state index is 12.9. The Balaban J connectivity index is 1.77. The maximum Gasteiger partial charge on any atom is 0.244 e. The van der Waals surface area contributed by atoms with Crippen molar-refractivity contribution in [2.45, 2.75) is 43.0 Å². The van der Waals surface area contributed by atoms with Gasteiger partial charge in [-0.25, -0.2) is 13.4 Å². The lowest BCUT2D eigenvalue weighted by Crippen LogP contribution is -2.43. The molecule has 1 aliphatic heterocycles. The molecular weight excluding hydrogens is 312 g/mol. The van der Waals surface area contributed by atoms with Crippen molar-refractivity contribution in [1.82, 2.24) is 18.8 Å². The molecule has 23 heavy (non-hydrogen) atoms. The summed E-state index contributed by atoms with van der Waals surface area (Å²) in [7, 11) is -1.50. The first kappa shape index (κ1) is 16.1. The van der Waals surface area contributed by atoms with Crippen LogP contribution in [0.3, 0.4) is 0 Å². The van der Waals surface area contributed by atoms with Crippen molar-refractivity contribution in [3.63, 3.8) is 0 Å². The van der Waals surface area contributed by atoms with Crippen LogP contribution in [0.15, 0.2) is 41.8 Å². The number of hydrogen-bond donors (Lipinski definition) is 0. The molecule has 2 aromatic heterocycles. The van der Waals surface area contributed by atoms with Crippen LogP contribution < -0.4 is 0 Å². The Kier molecular flexibility index (Phi) is 4.77. The summed E-state index contributed by atoms with van der Waals surface area (Å²) in [6.45, 7) is 0.586. The number of sulfonamides is 1. The van der Waals surface area contributed by atoms with E-state index in [9.17, 15) is 8.42 Å². The summed E-state index contributed by atoms with van der Waals surface area (Å²) in [4.78, 5) is 8.56. The van der Waals surface area contributed by atoms with Crippen LogP contribution in [0.1, 0.15) is 31.5 Å². The van der Waals surface area contributed by atoms with E-state index in [0.29, 0.717) is 6.54 Å². The van der Waals surface area contributed by atoms with Crippen LogP contribution in [-0.4, -0.2) is 39.8 Å². The molecule has 0 radical (unpaired) electrons. The Labute approximate surface area is 137 Å². The van der Waals surface area contributed by atoms with E-state index in [1.54, 1.807) is 28.8 Å². The van der Waals surface area contributed by atoms with E-state index in [4.69, 9.17) is 0 Å². The Hall–Kier alpha value is -1.73. The van der Waals surface area contributed by atoms with E-state index < -0.39 is 10.0 Å². The van der Waals surface area contributed by atoms with Crippen LogP contribution in [0.5, 0.6) is 0 Å². The summed E-state index contributed by atoms with van der Waals surface area (Å²) in [5.41, 5.74) is 0. The van der Waals surface area contributed by atoms with E-state index in [-0.39, 0.29) is 10.9 Å². The molecule has 0 aromatic carbocycles. The van der Waals surface area contributed by atoms with Gasteiger partial charge in [0.25, 0.3) is 0 Å². The lowest BCUT2D eigenvalue weighted by atomic mass is 10.0. The number of aryl methyl sites for hydroxylation is 2. The molecule has 1 aliphatic rings. The van der Waals surface area contributed by atoms with Gasteiger partial charge in [0, 0.05) is 50.8 Å². The molecule has 3 rings (SSSR count). The van der Waals surface area contributed by atoms with E-state index in [2.05, 4.69) is 9.97 Å². The molecule has 0 unspecified atom stereocenters. The van der Waals surface area contributed by atoms with E-state index in [1.807, 2.05) is 17.8 Å². The molecule has 0 spiro atoms. The monoisotopic (exact) mass is 334 g/mol. The Bertz CT molecular complexity index is 742. The van der Waals surface area contributed by atoms with Crippen molar-refractivity contribution in [2.75, 3.05) is 6.54 Å². The highest BCUT2D eigenvalue weighted by molar-refractivity contribution is 7.89. The SMILES string of the molecule is Cn1ccnc1CC[C@H]1CCCCN1S(=O)(=O)c1cccnc1. The highest BCUT2D eigenvalue weighted by atomic mass is 32.2. The van der Waals surface area contributed by atoms with Gasteiger partial charge in [-0.15, -0.1) is 0 Å². The first-order valence-electron chi connectivity index (χ1n) is 7.97. The van der Waals surface area contributed by atoms with Crippen LogP contribution in [0.4, 0.5) is 0 Å². The van der Waals surface area contributed by atoms with Gasteiger partial charge in [0.2, 0.25) is 10.0 Å². The van der Waals surface area contributed by atoms with Crippen molar-refractivity contribution < 1.29 is 8.42 Å². The number of aromatic nitrogens is 3. The average Bonchev–Trinajstić information content (AvgIpc) is 2.99. The Morgan fingerprint density at radius 1 is 1.30 bits per heavy atom. The largest absolute Gasteiger partial charge is 0.338 e. The van der Waals surface area contributed by atoms with Gasteiger partial charge in [0.1, 0.15) is 10.7 Å². The predicted octanol–water partition coefficient (Wildman–Crippen LogP) is 1.99. The molecule has 3 heterocycles. The van der Waals surface area contributed by atoms with Crippen molar-refractivity contribution in [3.8, 4) is 0 Å². The van der Waals surface area contributed by atoms with Crippen LogP contribution in [0.25, 0.3) is 0 Å². The first-order valence-corrected chi connectivity index (χ1v) is 9.41. The van der Waals surface area contributed by atoms with Gasteiger partial charge in [-0.2, -0.15) is 4.31 Å². The minimum absolute atomic E-state index is 0.0330. The number of pyridine rings is 1. The normalized spacial score (nSPS) is 19.8. The van der Waals surface area contributed by atoms with Gasteiger partial charge in [-0.3, -0.25) is 4.98 Å². The van der Waals surface area contributed by atoms with Crippen molar-refractivity contribution in [2.24, 2.45) is 7.05 Å². The fourth-order valence-electron chi connectivity index (χ4n) is 3.15. The molecule has 7 heteroatoms. The van der Waals surface area contributed by atoms with Crippen LogP contribution >= 0.6 is 0 Å². The third kappa shape index (κ3) is 3.45. The zero-order chi connectivity index (χ0) is 16.3. The molecule has 0 saturated carbocycles. The summed E-state index contributed by atoms with van der Waals surface area (Å²) in [5.74, 6) is 0.995. The van der Waals surface area contributed by atoms with Gasteiger partial charge in [-0.05, 0) is 31.4 Å². The summed E-state index contributed by atoms with van der Waals surface area (Å²) < 4.78 is 29.4. The summed E-state index contributed by atoms with van der Waals surface area (Å²) >= 11 is 0. The van der Waals surface area contributed by atoms with Crippen LogP contribution in [0.2, 0.25) is 0 Å². The number of piperidine rings is 1. The summed E-state index contributed by atoms with van der Waals surface area (Å²) in [5, 5.41) is 0. The minimum Gasteiger partial charge on any atom is -0.338 e. The molecule has 0 aliphatic carbocycles. The Morgan fingerprint density at radius 3 is 2.87 bits per heavy atom. The fraction of sp³-hybridized carbons (Fsp3) is 0.500. The second kappa shape index (κ2) is 6.80. The number of hydrogen-bond acceptors (Lipinski definition) is 4. The molecule has 0 amide bonds. The molecule has 1 saturated heterocycles. The summed E-state index contributed by atoms with van der Waals surface area (Å²) in [6, 6.07) is 3.32. The molecule has 124 valence electrons. The lowest BCUT2D eigenvalue weighted by Gasteiger charge is -2.34. The zero-order valence-corrected chi connectivity index (χ0v) is 14.1. The number of nitrogens with zero attached hydrogens (tertiary/aromatic N) is 4. The minimum atomic E-state index is -3.47. The predicted molar refractivity (Wildman–Crippen MR) is 87.3 cm³/mol. The second-order valence-electron chi connectivity index (χ2n) is 5.95. The van der Waals surface area contributed by atoms with Crippen LogP contribution in [0, 0.1) is 0 Å². The molecule has 2 aromatic rings. The van der Waals surface area contributed by atoms with E-state index >= 15 is 0 Å². The van der Waals surface area contributed by atoms with Gasteiger partial charge in [0.05, 0.1) is 0 Å². The third-order valence-corrected chi connectivity index (χ3v) is 6.37. The summed E-state index contributed by atoms with van der Waals surface area (Å²) in [6.07, 6.45) is 11.2. The lowest BCUT2D eigenvalue weighted by molar-refractivity contribution is 0.239.